The van der Waals surface area contributed by atoms with E-state index in [9.17, 15) is 22.0 Å². The van der Waals surface area contributed by atoms with E-state index in [4.69, 9.17) is 10.2 Å². The molecule has 9 heteroatoms. The summed E-state index contributed by atoms with van der Waals surface area (Å²) in [5, 5.41) is 17.9. The molecule has 0 spiro atoms. The van der Waals surface area contributed by atoms with Crippen molar-refractivity contribution < 1.29 is 32.2 Å². The van der Waals surface area contributed by atoms with Crippen LogP contribution < -0.4 is 0 Å². The van der Waals surface area contributed by atoms with Gasteiger partial charge in [0.15, 0.2) is 5.82 Å². The zero-order valence-corrected chi connectivity index (χ0v) is 12.2. The number of aromatic carboxylic acids is 1. The zero-order valence-electron chi connectivity index (χ0n) is 11.4. The number of hydrogen-bond donors (Lipinski definition) is 2. The van der Waals surface area contributed by atoms with Crippen molar-refractivity contribution in [3.8, 4) is 0 Å². The molecule has 0 fully saturated rings. The first-order valence-electron chi connectivity index (χ1n) is 5.94. The van der Waals surface area contributed by atoms with Crippen LogP contribution in [0.5, 0.6) is 0 Å². The Morgan fingerprint density at radius 1 is 1.38 bits per heavy atom. The van der Waals surface area contributed by atoms with Crippen molar-refractivity contribution >= 4 is 16.0 Å². The summed E-state index contributed by atoms with van der Waals surface area (Å²) in [6.07, 6.45) is -0.639. The van der Waals surface area contributed by atoms with Crippen LogP contribution in [0.1, 0.15) is 23.7 Å². The third-order valence-corrected chi connectivity index (χ3v) is 4.69. The first kappa shape index (κ1) is 17.5. The van der Waals surface area contributed by atoms with Crippen LogP contribution in [-0.4, -0.2) is 48.6 Å². The summed E-state index contributed by atoms with van der Waals surface area (Å²) in [6, 6.07) is 1.26. The summed E-state index contributed by atoms with van der Waals surface area (Å²) in [4.78, 5) is 9.86. The van der Waals surface area contributed by atoms with E-state index in [-0.39, 0.29) is 13.0 Å². The highest BCUT2D eigenvalue weighted by atomic mass is 32.2. The van der Waals surface area contributed by atoms with Gasteiger partial charge in [0.05, 0.1) is 6.10 Å². The molecular weight excluding hydrogens is 308 g/mol. The van der Waals surface area contributed by atoms with E-state index in [1.54, 1.807) is 0 Å². The molecule has 0 aliphatic rings. The maximum absolute atomic E-state index is 14.0. The maximum atomic E-state index is 14.0. The topological polar surface area (TPSA) is 94.9 Å². The van der Waals surface area contributed by atoms with Gasteiger partial charge in [-0.25, -0.2) is 26.3 Å². The predicted octanol–water partition coefficient (Wildman–Crippen LogP) is 1.05. The van der Waals surface area contributed by atoms with E-state index in [0.717, 1.165) is 11.4 Å². The van der Waals surface area contributed by atoms with E-state index in [1.165, 1.54) is 6.92 Å². The van der Waals surface area contributed by atoms with Gasteiger partial charge >= 0.3 is 5.97 Å². The Morgan fingerprint density at radius 2 is 1.95 bits per heavy atom. The molecule has 0 aliphatic heterocycles. The van der Waals surface area contributed by atoms with E-state index in [0.29, 0.717) is 12.1 Å². The lowest BCUT2D eigenvalue weighted by molar-refractivity contribution is 0.0685. The van der Waals surface area contributed by atoms with Crippen LogP contribution >= 0.6 is 0 Å². The largest absolute Gasteiger partial charge is 0.477 e. The molecule has 0 heterocycles. The molecule has 1 aromatic carbocycles. The minimum atomic E-state index is -4.32. The normalized spacial score (nSPS) is 13.4. The molecular formula is C12H15F2NO5S. The van der Waals surface area contributed by atoms with Gasteiger partial charge < -0.3 is 10.2 Å². The third-order valence-electron chi connectivity index (χ3n) is 2.82. The van der Waals surface area contributed by atoms with Crippen molar-refractivity contribution in [2.24, 2.45) is 0 Å². The zero-order chi connectivity index (χ0) is 16.4. The summed E-state index contributed by atoms with van der Waals surface area (Å²) in [6.45, 7) is 1.36. The number of sulfonamides is 1. The molecule has 2 N–H and O–H groups in total. The smallest absolute Gasteiger partial charge is 0.341 e. The summed E-state index contributed by atoms with van der Waals surface area (Å²) >= 11 is 0. The van der Waals surface area contributed by atoms with Crippen molar-refractivity contribution in [1.82, 2.24) is 4.31 Å². The molecule has 0 aromatic heterocycles. The molecule has 1 unspecified atom stereocenters. The fraction of sp³-hybridized carbons (Fsp3) is 0.417. The number of halogens is 2. The molecule has 0 amide bonds. The summed E-state index contributed by atoms with van der Waals surface area (Å²) in [5.74, 6) is -4.90. The van der Waals surface area contributed by atoms with Crippen molar-refractivity contribution in [3.63, 3.8) is 0 Å². The number of carboxylic acid groups (broad SMARTS) is 1. The van der Waals surface area contributed by atoms with Gasteiger partial charge in [0.2, 0.25) is 10.0 Å². The van der Waals surface area contributed by atoms with E-state index < -0.39 is 44.2 Å². The highest BCUT2D eigenvalue weighted by molar-refractivity contribution is 7.89. The molecule has 21 heavy (non-hydrogen) atoms. The maximum Gasteiger partial charge on any atom is 0.341 e. The second-order valence-electron chi connectivity index (χ2n) is 4.50. The number of nitrogens with zero attached hydrogens (tertiary/aromatic N) is 1. The van der Waals surface area contributed by atoms with Gasteiger partial charge in [0.25, 0.3) is 0 Å². The first-order chi connectivity index (χ1) is 9.59. The quantitative estimate of drug-likeness (QED) is 0.816. The standard InChI is InChI=1S/C12H15F2NO5S/c1-7(16)5-6-15(2)21(19,20)9-4-3-8(13)10(11(9)14)12(17)18/h3-4,7,16H,5-6H2,1-2H3,(H,17,18). The van der Waals surface area contributed by atoms with Crippen LogP contribution in [0.4, 0.5) is 8.78 Å². The summed E-state index contributed by atoms with van der Waals surface area (Å²) in [5.41, 5.74) is -1.32. The molecule has 118 valence electrons. The molecule has 1 rings (SSSR count). The van der Waals surface area contributed by atoms with Crippen molar-refractivity contribution in [2.45, 2.75) is 24.3 Å². The Balaban J connectivity index is 3.27. The van der Waals surface area contributed by atoms with Crippen LogP contribution in [-0.2, 0) is 10.0 Å². The predicted molar refractivity (Wildman–Crippen MR) is 69.4 cm³/mol. The minimum absolute atomic E-state index is 0.0980. The van der Waals surface area contributed by atoms with Crippen molar-refractivity contribution in [3.05, 3.63) is 29.3 Å². The van der Waals surface area contributed by atoms with E-state index in [2.05, 4.69) is 0 Å². The lowest BCUT2D eigenvalue weighted by Gasteiger charge is -2.18. The number of benzene rings is 1. The Hall–Kier alpha value is -1.58. The van der Waals surface area contributed by atoms with Gasteiger partial charge in [-0.1, -0.05) is 0 Å². The number of hydrogen-bond acceptors (Lipinski definition) is 4. The molecule has 1 aromatic rings. The number of carbonyl (C=O) groups is 1. The van der Waals surface area contributed by atoms with Crippen LogP contribution in [0.15, 0.2) is 17.0 Å². The monoisotopic (exact) mass is 323 g/mol. The van der Waals surface area contributed by atoms with E-state index >= 15 is 0 Å². The van der Waals surface area contributed by atoms with Crippen LogP contribution in [0.2, 0.25) is 0 Å². The highest BCUT2D eigenvalue weighted by Gasteiger charge is 2.29. The van der Waals surface area contributed by atoms with Gasteiger partial charge in [-0.15, -0.1) is 0 Å². The van der Waals surface area contributed by atoms with Crippen LogP contribution in [0, 0.1) is 11.6 Å². The van der Waals surface area contributed by atoms with Crippen LogP contribution in [0.25, 0.3) is 0 Å². The lowest BCUT2D eigenvalue weighted by atomic mass is 10.2. The SMILES string of the molecule is CC(O)CCN(C)S(=O)(=O)c1ccc(F)c(C(=O)O)c1F. The molecule has 0 saturated heterocycles. The number of rotatable bonds is 6. The van der Waals surface area contributed by atoms with Crippen molar-refractivity contribution in [1.29, 1.82) is 0 Å². The Kier molecular flexibility index (Phi) is 5.37. The summed E-state index contributed by atoms with van der Waals surface area (Å²) in [7, 11) is -3.17. The first-order valence-corrected chi connectivity index (χ1v) is 7.38. The molecule has 0 radical (unpaired) electrons. The fourth-order valence-electron chi connectivity index (χ4n) is 1.59. The highest BCUT2D eigenvalue weighted by Crippen LogP contribution is 2.23. The Bertz CT molecular complexity index is 645. The Labute approximate surface area is 120 Å². The van der Waals surface area contributed by atoms with Gasteiger partial charge in [-0.3, -0.25) is 0 Å². The molecule has 0 aliphatic carbocycles. The average molecular weight is 323 g/mol. The average Bonchev–Trinajstić information content (AvgIpc) is 2.34. The Morgan fingerprint density at radius 3 is 2.43 bits per heavy atom. The number of aliphatic hydroxyl groups excluding tert-OH is 1. The van der Waals surface area contributed by atoms with Gasteiger partial charge in [-0.2, -0.15) is 0 Å². The fourth-order valence-corrected chi connectivity index (χ4v) is 2.84. The molecule has 1 atom stereocenters. The van der Waals surface area contributed by atoms with Gasteiger partial charge in [0, 0.05) is 13.6 Å². The summed E-state index contributed by atoms with van der Waals surface area (Å²) < 4.78 is 52.3. The molecule has 6 nitrogen and oxygen atoms in total. The second kappa shape index (κ2) is 6.46. The van der Waals surface area contributed by atoms with Gasteiger partial charge in [-0.05, 0) is 25.5 Å². The number of aliphatic hydroxyl groups is 1. The van der Waals surface area contributed by atoms with Crippen molar-refractivity contribution in [2.75, 3.05) is 13.6 Å². The van der Waals surface area contributed by atoms with Crippen LogP contribution in [0.3, 0.4) is 0 Å². The van der Waals surface area contributed by atoms with Gasteiger partial charge in [0.1, 0.15) is 16.3 Å². The molecule has 0 bridgehead atoms. The third kappa shape index (κ3) is 3.74. The number of carboxylic acids is 1. The van der Waals surface area contributed by atoms with E-state index in [1.807, 2.05) is 0 Å². The lowest BCUT2D eigenvalue weighted by Crippen LogP contribution is -2.30. The second-order valence-corrected chi connectivity index (χ2v) is 6.52. The molecule has 0 saturated carbocycles. The minimum Gasteiger partial charge on any atom is -0.477 e.